The summed E-state index contributed by atoms with van der Waals surface area (Å²) in [6, 6.07) is 11.2. The number of carbonyl (C=O) groups excluding carboxylic acids is 1. The molecule has 0 atom stereocenters. The molecule has 2 rings (SSSR count). The average molecular weight is 311 g/mol. The topological polar surface area (TPSA) is 73.7 Å². The number of nitrogens with zero attached hydrogens (tertiary/aromatic N) is 1. The largest absolute Gasteiger partial charge is 0.507 e. The molecule has 0 aliphatic rings. The van der Waals surface area contributed by atoms with Gasteiger partial charge in [-0.3, -0.25) is 4.79 Å². The van der Waals surface area contributed by atoms with Gasteiger partial charge in [-0.2, -0.15) is 5.10 Å². The number of phenolic OH excluding ortho intramolecular Hbond substituents is 1. The van der Waals surface area contributed by atoms with Crippen LogP contribution in [0.15, 0.2) is 41.5 Å². The predicted molar refractivity (Wildman–Crippen MR) is 93.0 cm³/mol. The zero-order valence-corrected chi connectivity index (χ0v) is 13.6. The highest BCUT2D eigenvalue weighted by Gasteiger charge is 2.04. The fraction of sp³-hybridized carbons (Fsp3) is 0.222. The van der Waals surface area contributed by atoms with Crippen molar-refractivity contribution in [2.75, 3.05) is 11.9 Å². The van der Waals surface area contributed by atoms with Gasteiger partial charge in [0.2, 0.25) is 0 Å². The fourth-order valence-corrected chi connectivity index (χ4v) is 2.24. The molecule has 0 saturated carbocycles. The number of hydrazone groups is 1. The van der Waals surface area contributed by atoms with Crippen molar-refractivity contribution in [3.8, 4) is 5.75 Å². The van der Waals surface area contributed by atoms with Crippen LogP contribution in [0.1, 0.15) is 22.3 Å². The van der Waals surface area contributed by atoms with Gasteiger partial charge in [0.25, 0.3) is 5.91 Å². The van der Waals surface area contributed by atoms with Gasteiger partial charge in [0.05, 0.1) is 12.8 Å². The van der Waals surface area contributed by atoms with E-state index in [9.17, 15) is 9.90 Å². The first kappa shape index (κ1) is 16.5. The van der Waals surface area contributed by atoms with Gasteiger partial charge in [0.1, 0.15) is 5.75 Å². The molecule has 0 aromatic heterocycles. The molecule has 0 unspecified atom stereocenters. The summed E-state index contributed by atoms with van der Waals surface area (Å²) in [6.45, 7) is 6.00. The van der Waals surface area contributed by atoms with Gasteiger partial charge in [0.15, 0.2) is 0 Å². The maximum Gasteiger partial charge on any atom is 0.259 e. The Morgan fingerprint density at radius 1 is 1.17 bits per heavy atom. The summed E-state index contributed by atoms with van der Waals surface area (Å²) in [5.41, 5.74) is 7.09. The first-order valence-corrected chi connectivity index (χ1v) is 7.39. The van der Waals surface area contributed by atoms with E-state index in [4.69, 9.17) is 0 Å². The molecule has 0 saturated heterocycles. The summed E-state index contributed by atoms with van der Waals surface area (Å²) < 4.78 is 0. The van der Waals surface area contributed by atoms with Crippen LogP contribution in [0.3, 0.4) is 0 Å². The number of para-hydroxylation sites is 1. The van der Waals surface area contributed by atoms with Gasteiger partial charge in [-0.1, -0.05) is 24.3 Å². The molecule has 0 aliphatic carbocycles. The van der Waals surface area contributed by atoms with Gasteiger partial charge >= 0.3 is 0 Å². The van der Waals surface area contributed by atoms with Crippen molar-refractivity contribution in [2.24, 2.45) is 5.10 Å². The number of anilines is 1. The van der Waals surface area contributed by atoms with Crippen LogP contribution >= 0.6 is 0 Å². The minimum absolute atomic E-state index is 0.128. The molecular weight excluding hydrogens is 290 g/mol. The number of aromatic hydroxyl groups is 1. The first-order chi connectivity index (χ1) is 11.0. The highest BCUT2D eigenvalue weighted by atomic mass is 16.3. The highest BCUT2D eigenvalue weighted by Crippen LogP contribution is 2.19. The Labute approximate surface area is 136 Å². The summed E-state index contributed by atoms with van der Waals surface area (Å²) in [5, 5.41) is 16.7. The number of benzene rings is 2. The van der Waals surface area contributed by atoms with Gasteiger partial charge < -0.3 is 10.4 Å². The zero-order chi connectivity index (χ0) is 16.8. The molecule has 5 heteroatoms. The Morgan fingerprint density at radius 2 is 1.87 bits per heavy atom. The van der Waals surface area contributed by atoms with Crippen LogP contribution in [0.4, 0.5) is 5.69 Å². The maximum absolute atomic E-state index is 11.8. The molecule has 0 bridgehead atoms. The van der Waals surface area contributed by atoms with Gasteiger partial charge in [-0.05, 0) is 49.6 Å². The molecular formula is C18H21N3O2. The summed E-state index contributed by atoms with van der Waals surface area (Å²) in [7, 11) is 0. The molecule has 3 N–H and O–H groups in total. The molecule has 2 aromatic carbocycles. The lowest BCUT2D eigenvalue weighted by molar-refractivity contribution is -0.119. The van der Waals surface area contributed by atoms with E-state index in [0.29, 0.717) is 5.56 Å². The molecule has 0 aliphatic heterocycles. The summed E-state index contributed by atoms with van der Waals surface area (Å²) in [4.78, 5) is 11.8. The van der Waals surface area contributed by atoms with Crippen molar-refractivity contribution < 1.29 is 9.90 Å². The van der Waals surface area contributed by atoms with E-state index in [0.717, 1.165) is 22.4 Å². The lowest BCUT2D eigenvalue weighted by Gasteiger charge is -2.11. The van der Waals surface area contributed by atoms with Crippen LogP contribution in [0.5, 0.6) is 5.75 Å². The summed E-state index contributed by atoms with van der Waals surface area (Å²) in [5.74, 6) is -0.118. The van der Waals surface area contributed by atoms with E-state index in [1.807, 2.05) is 45.0 Å². The third-order valence-electron chi connectivity index (χ3n) is 3.49. The Hall–Kier alpha value is -2.82. The normalized spacial score (nSPS) is 10.7. The maximum atomic E-state index is 11.8. The van der Waals surface area contributed by atoms with Gasteiger partial charge in [0, 0.05) is 11.3 Å². The van der Waals surface area contributed by atoms with E-state index in [1.54, 1.807) is 12.1 Å². The van der Waals surface area contributed by atoms with E-state index < -0.39 is 0 Å². The van der Waals surface area contributed by atoms with E-state index >= 15 is 0 Å². The standard InChI is InChI=1S/C18H21N3O2/c1-12-7-8-15(16(22)9-12)10-20-21-17(23)11-19-18-13(2)5-4-6-14(18)3/h4-10,19,22H,11H2,1-3H3,(H,21,23). The number of rotatable bonds is 5. The first-order valence-electron chi connectivity index (χ1n) is 7.39. The fourth-order valence-electron chi connectivity index (χ4n) is 2.24. The van der Waals surface area contributed by atoms with Gasteiger partial charge in [-0.25, -0.2) is 5.43 Å². The van der Waals surface area contributed by atoms with Crippen LogP contribution in [-0.2, 0) is 4.79 Å². The quantitative estimate of drug-likeness (QED) is 0.587. The summed E-state index contributed by atoms with van der Waals surface area (Å²) in [6.07, 6.45) is 1.42. The highest BCUT2D eigenvalue weighted by molar-refractivity contribution is 5.86. The monoisotopic (exact) mass is 311 g/mol. The van der Waals surface area contributed by atoms with Crippen LogP contribution < -0.4 is 10.7 Å². The third kappa shape index (κ3) is 4.57. The van der Waals surface area contributed by atoms with Crippen LogP contribution in [0.2, 0.25) is 0 Å². The SMILES string of the molecule is Cc1ccc(C=NNC(=O)CNc2c(C)cccc2C)c(O)c1. The van der Waals surface area contributed by atoms with Crippen molar-refractivity contribution in [1.82, 2.24) is 5.43 Å². The molecule has 23 heavy (non-hydrogen) atoms. The number of nitrogens with one attached hydrogen (secondary N) is 2. The number of hydrogen-bond acceptors (Lipinski definition) is 4. The second kappa shape index (κ2) is 7.45. The Kier molecular flexibility index (Phi) is 5.36. The number of hydrogen-bond donors (Lipinski definition) is 3. The molecule has 5 nitrogen and oxygen atoms in total. The van der Waals surface area contributed by atoms with Crippen molar-refractivity contribution in [3.63, 3.8) is 0 Å². The molecule has 0 radical (unpaired) electrons. The van der Waals surface area contributed by atoms with Crippen LogP contribution in [-0.4, -0.2) is 23.8 Å². The molecule has 120 valence electrons. The Bertz CT molecular complexity index is 719. The Balaban J connectivity index is 1.89. The summed E-state index contributed by atoms with van der Waals surface area (Å²) >= 11 is 0. The molecule has 0 heterocycles. The third-order valence-corrected chi connectivity index (χ3v) is 3.49. The number of carbonyl (C=O) groups is 1. The molecule has 1 amide bonds. The second-order valence-electron chi connectivity index (χ2n) is 5.48. The molecule has 0 fully saturated rings. The van der Waals surface area contributed by atoms with Crippen molar-refractivity contribution >= 4 is 17.8 Å². The minimum atomic E-state index is -0.254. The second-order valence-corrected chi connectivity index (χ2v) is 5.48. The number of amides is 1. The van der Waals surface area contributed by atoms with Crippen molar-refractivity contribution in [1.29, 1.82) is 0 Å². The lowest BCUT2D eigenvalue weighted by atomic mass is 10.1. The Morgan fingerprint density at radius 3 is 2.52 bits per heavy atom. The van der Waals surface area contributed by atoms with Gasteiger partial charge in [-0.15, -0.1) is 0 Å². The average Bonchev–Trinajstić information content (AvgIpc) is 2.49. The predicted octanol–water partition coefficient (Wildman–Crippen LogP) is 2.88. The van der Waals surface area contributed by atoms with Crippen LogP contribution in [0.25, 0.3) is 0 Å². The van der Waals surface area contributed by atoms with Crippen molar-refractivity contribution in [3.05, 3.63) is 58.7 Å². The lowest BCUT2D eigenvalue weighted by Crippen LogP contribution is -2.26. The van der Waals surface area contributed by atoms with E-state index in [-0.39, 0.29) is 18.2 Å². The number of phenols is 1. The molecule has 2 aromatic rings. The smallest absolute Gasteiger partial charge is 0.259 e. The number of aryl methyl sites for hydroxylation is 3. The van der Waals surface area contributed by atoms with E-state index in [1.165, 1.54) is 6.21 Å². The molecule has 0 spiro atoms. The van der Waals surface area contributed by atoms with Crippen LogP contribution in [0, 0.1) is 20.8 Å². The minimum Gasteiger partial charge on any atom is -0.507 e. The van der Waals surface area contributed by atoms with Crippen molar-refractivity contribution in [2.45, 2.75) is 20.8 Å². The van der Waals surface area contributed by atoms with E-state index in [2.05, 4.69) is 15.8 Å². The zero-order valence-electron chi connectivity index (χ0n) is 13.6.